The van der Waals surface area contributed by atoms with Crippen molar-refractivity contribution in [2.24, 2.45) is 4.99 Å². The average Bonchev–Trinajstić information content (AvgIpc) is 2.48. The van der Waals surface area contributed by atoms with E-state index in [0.717, 1.165) is 22.0 Å². The van der Waals surface area contributed by atoms with Gasteiger partial charge >= 0.3 is 0 Å². The smallest absolute Gasteiger partial charge is 0.240 e. The number of benzene rings is 2. The number of aliphatic imine (C=N–C) groups is 1. The predicted molar refractivity (Wildman–Crippen MR) is 80.0 cm³/mol. The van der Waals surface area contributed by atoms with Gasteiger partial charge in [0, 0.05) is 16.0 Å². The van der Waals surface area contributed by atoms with Gasteiger partial charge in [0.15, 0.2) is 0 Å². The van der Waals surface area contributed by atoms with E-state index in [1.807, 2.05) is 42.5 Å². The second-order valence-corrected chi connectivity index (χ2v) is 4.69. The largest absolute Gasteiger partial charge is 0.254 e. The Labute approximate surface area is 120 Å². The fourth-order valence-corrected chi connectivity index (χ4v) is 2.37. The van der Waals surface area contributed by atoms with Crippen LogP contribution < -0.4 is 0 Å². The predicted octanol–water partition coefficient (Wildman–Crippen LogP) is 4.52. The summed E-state index contributed by atoms with van der Waals surface area (Å²) in [5, 5.41) is 1.48. The first-order chi connectivity index (χ1) is 9.79. The summed E-state index contributed by atoms with van der Waals surface area (Å²) in [6.45, 7) is 0. The van der Waals surface area contributed by atoms with Crippen LogP contribution in [0.15, 0.2) is 59.7 Å². The van der Waals surface area contributed by atoms with Crippen LogP contribution >= 0.6 is 11.6 Å². The Balaban J connectivity index is 2.43. The molecule has 0 atom stereocenters. The molecule has 0 bridgehead atoms. The molecule has 0 fully saturated rings. The van der Waals surface area contributed by atoms with Crippen molar-refractivity contribution in [3.05, 3.63) is 59.8 Å². The first-order valence-electron chi connectivity index (χ1n) is 6.01. The van der Waals surface area contributed by atoms with Crippen LogP contribution in [0.2, 0.25) is 5.02 Å². The summed E-state index contributed by atoms with van der Waals surface area (Å²) >= 11 is 6.07. The van der Waals surface area contributed by atoms with Gasteiger partial charge < -0.3 is 0 Å². The third-order valence-corrected chi connectivity index (χ3v) is 3.27. The maximum Gasteiger partial charge on any atom is 0.240 e. The molecule has 3 nitrogen and oxygen atoms in total. The monoisotopic (exact) mass is 280 g/mol. The molecule has 0 saturated carbocycles. The van der Waals surface area contributed by atoms with E-state index >= 15 is 0 Å². The minimum Gasteiger partial charge on any atom is -0.254 e. The van der Waals surface area contributed by atoms with Crippen LogP contribution in [0.5, 0.6) is 0 Å². The highest BCUT2D eigenvalue weighted by Gasteiger charge is 2.11. The lowest BCUT2D eigenvalue weighted by Crippen LogP contribution is -1.86. The average molecular weight is 281 g/mol. The number of aromatic nitrogens is 1. The normalized spacial score (nSPS) is 10.2. The van der Waals surface area contributed by atoms with Gasteiger partial charge in [-0.2, -0.15) is 4.99 Å². The van der Waals surface area contributed by atoms with Crippen LogP contribution in [0.4, 0.5) is 5.69 Å². The molecular formula is C16H9ClN2O. The van der Waals surface area contributed by atoms with Crippen LogP contribution in [0.3, 0.4) is 0 Å². The van der Waals surface area contributed by atoms with Crippen LogP contribution in [-0.4, -0.2) is 11.1 Å². The Morgan fingerprint density at radius 3 is 2.65 bits per heavy atom. The number of isocyanates is 1. The van der Waals surface area contributed by atoms with Crippen molar-refractivity contribution in [2.75, 3.05) is 0 Å². The molecule has 0 N–H and O–H groups in total. The molecule has 1 heterocycles. The Hall–Kier alpha value is -2.48. The highest BCUT2D eigenvalue weighted by Crippen LogP contribution is 2.36. The standard InChI is InChI=1S/C16H9ClN2O/c17-12-6-7-14-13(8-12)16(11-4-2-1-3-5-11)15(9-18-14)19-10-20/h1-9H. The third-order valence-electron chi connectivity index (χ3n) is 3.04. The van der Waals surface area contributed by atoms with Gasteiger partial charge in [0.2, 0.25) is 6.08 Å². The fraction of sp³-hybridized carbons (Fsp3) is 0. The van der Waals surface area contributed by atoms with Crippen molar-refractivity contribution in [3.8, 4) is 11.1 Å². The molecule has 0 amide bonds. The summed E-state index contributed by atoms with van der Waals surface area (Å²) in [6.07, 6.45) is 3.15. The molecule has 3 rings (SSSR count). The topological polar surface area (TPSA) is 42.3 Å². The molecule has 20 heavy (non-hydrogen) atoms. The molecule has 2 aromatic carbocycles. The van der Waals surface area contributed by atoms with Gasteiger partial charge in [-0.1, -0.05) is 41.9 Å². The number of pyridine rings is 1. The van der Waals surface area contributed by atoms with Crippen molar-refractivity contribution < 1.29 is 4.79 Å². The summed E-state index contributed by atoms with van der Waals surface area (Å²) in [5.41, 5.74) is 3.08. The summed E-state index contributed by atoms with van der Waals surface area (Å²) in [7, 11) is 0. The lowest BCUT2D eigenvalue weighted by atomic mass is 10.00. The molecule has 0 aliphatic rings. The van der Waals surface area contributed by atoms with Crippen molar-refractivity contribution in [1.82, 2.24) is 4.98 Å². The maximum absolute atomic E-state index is 10.6. The van der Waals surface area contributed by atoms with Crippen LogP contribution in [0.1, 0.15) is 0 Å². The highest BCUT2D eigenvalue weighted by atomic mass is 35.5. The van der Waals surface area contributed by atoms with Gasteiger partial charge in [-0.05, 0) is 23.8 Å². The first-order valence-corrected chi connectivity index (χ1v) is 6.39. The summed E-state index contributed by atoms with van der Waals surface area (Å²) in [6, 6.07) is 15.2. The number of nitrogens with zero attached hydrogens (tertiary/aromatic N) is 2. The second-order valence-electron chi connectivity index (χ2n) is 4.25. The number of halogens is 1. The number of rotatable bonds is 2. The molecule has 0 radical (unpaired) electrons. The lowest BCUT2D eigenvalue weighted by Gasteiger charge is -2.09. The molecular weight excluding hydrogens is 272 g/mol. The summed E-state index contributed by atoms with van der Waals surface area (Å²) < 4.78 is 0. The van der Waals surface area contributed by atoms with Gasteiger partial charge in [-0.3, -0.25) is 4.98 Å². The Kier molecular flexibility index (Phi) is 3.30. The van der Waals surface area contributed by atoms with Gasteiger partial charge in [0.05, 0.1) is 11.7 Å². The Morgan fingerprint density at radius 1 is 1.10 bits per heavy atom. The zero-order valence-corrected chi connectivity index (χ0v) is 11.1. The lowest BCUT2D eigenvalue weighted by molar-refractivity contribution is 0.565. The van der Waals surface area contributed by atoms with Gasteiger partial charge in [-0.25, -0.2) is 4.79 Å². The van der Waals surface area contributed by atoms with Crippen LogP contribution in [-0.2, 0) is 4.79 Å². The van der Waals surface area contributed by atoms with Gasteiger partial charge in [0.25, 0.3) is 0 Å². The van der Waals surface area contributed by atoms with E-state index in [-0.39, 0.29) is 0 Å². The molecule has 0 spiro atoms. The van der Waals surface area contributed by atoms with Crippen LogP contribution in [0.25, 0.3) is 22.0 Å². The van der Waals surface area contributed by atoms with Crippen molar-refractivity contribution in [2.45, 2.75) is 0 Å². The number of fused-ring (bicyclic) bond motifs is 1. The van der Waals surface area contributed by atoms with E-state index in [9.17, 15) is 4.79 Å². The number of hydrogen-bond donors (Lipinski definition) is 0. The quantitative estimate of drug-likeness (QED) is 0.511. The number of hydrogen-bond acceptors (Lipinski definition) is 3. The van der Waals surface area contributed by atoms with E-state index in [4.69, 9.17) is 11.6 Å². The number of carbonyl (C=O) groups excluding carboxylic acids is 1. The third kappa shape index (κ3) is 2.21. The van der Waals surface area contributed by atoms with E-state index < -0.39 is 0 Å². The second kappa shape index (κ2) is 5.25. The molecule has 0 saturated heterocycles. The van der Waals surface area contributed by atoms with E-state index in [1.54, 1.807) is 18.3 Å². The van der Waals surface area contributed by atoms with Crippen molar-refractivity contribution in [3.63, 3.8) is 0 Å². The molecule has 4 heteroatoms. The fourth-order valence-electron chi connectivity index (χ4n) is 2.20. The Morgan fingerprint density at radius 2 is 1.90 bits per heavy atom. The van der Waals surface area contributed by atoms with Crippen molar-refractivity contribution in [1.29, 1.82) is 0 Å². The van der Waals surface area contributed by atoms with E-state index in [0.29, 0.717) is 10.7 Å². The molecule has 0 aliphatic heterocycles. The van der Waals surface area contributed by atoms with E-state index in [2.05, 4.69) is 9.98 Å². The Bertz CT molecular complexity index is 825. The summed E-state index contributed by atoms with van der Waals surface area (Å²) in [4.78, 5) is 18.7. The molecule has 3 aromatic rings. The highest BCUT2D eigenvalue weighted by molar-refractivity contribution is 6.31. The minimum absolute atomic E-state index is 0.487. The first kappa shape index (κ1) is 12.5. The summed E-state index contributed by atoms with van der Waals surface area (Å²) in [5.74, 6) is 0. The maximum atomic E-state index is 10.6. The molecule has 0 aliphatic carbocycles. The van der Waals surface area contributed by atoms with Gasteiger partial charge in [0.1, 0.15) is 5.69 Å². The molecule has 0 unspecified atom stereocenters. The van der Waals surface area contributed by atoms with Crippen molar-refractivity contribution >= 4 is 34.3 Å². The zero-order chi connectivity index (χ0) is 13.9. The SMILES string of the molecule is O=C=Nc1cnc2ccc(Cl)cc2c1-c1ccccc1. The minimum atomic E-state index is 0.487. The van der Waals surface area contributed by atoms with Gasteiger partial charge in [-0.15, -0.1) is 0 Å². The molecule has 1 aromatic heterocycles. The molecule has 96 valence electrons. The van der Waals surface area contributed by atoms with E-state index in [1.165, 1.54) is 0 Å². The van der Waals surface area contributed by atoms with Crippen LogP contribution in [0, 0.1) is 0 Å². The zero-order valence-electron chi connectivity index (χ0n) is 10.4.